The molecular weight excluding hydrogens is 261 g/mol. The average molecular weight is 276 g/mol. The molecule has 0 aliphatic heterocycles. The smallest absolute Gasteiger partial charge is 0.362 e. The van der Waals surface area contributed by atoms with Gasteiger partial charge in [-0.15, -0.1) is 0 Å². The van der Waals surface area contributed by atoms with Gasteiger partial charge in [0.1, 0.15) is 13.2 Å². The van der Waals surface area contributed by atoms with Crippen LogP contribution in [0.3, 0.4) is 0 Å². The summed E-state index contributed by atoms with van der Waals surface area (Å²) >= 11 is 0. The lowest BCUT2D eigenvalue weighted by Gasteiger charge is -2.09. The highest BCUT2D eigenvalue weighted by molar-refractivity contribution is 5.77. The van der Waals surface area contributed by atoms with E-state index in [1.807, 2.05) is 12.1 Å². The van der Waals surface area contributed by atoms with Crippen LogP contribution in [0.2, 0.25) is 0 Å². The molecule has 0 aromatic heterocycles. The predicted octanol–water partition coefficient (Wildman–Crippen LogP) is 1.34. The maximum atomic E-state index is 11.8. The van der Waals surface area contributed by atoms with Gasteiger partial charge in [0.2, 0.25) is 5.91 Å². The van der Waals surface area contributed by atoms with Crippen LogP contribution in [0.4, 0.5) is 13.2 Å². The summed E-state index contributed by atoms with van der Waals surface area (Å²) in [5, 5.41) is 2.46. The van der Waals surface area contributed by atoms with Crippen LogP contribution in [0.25, 0.3) is 0 Å². The molecular formula is C12H15F3N2O2. The van der Waals surface area contributed by atoms with Gasteiger partial charge in [-0.05, 0) is 11.1 Å². The first-order chi connectivity index (χ1) is 8.90. The SMILES string of the molecule is NCc1cccc(CNC(=O)COCC(F)(F)F)c1. The molecule has 19 heavy (non-hydrogen) atoms. The third-order valence-electron chi connectivity index (χ3n) is 2.22. The number of nitrogens with one attached hydrogen (secondary N) is 1. The quantitative estimate of drug-likeness (QED) is 0.824. The highest BCUT2D eigenvalue weighted by Gasteiger charge is 2.27. The number of alkyl halides is 3. The van der Waals surface area contributed by atoms with Gasteiger partial charge in [0.25, 0.3) is 0 Å². The second-order valence-corrected chi connectivity index (χ2v) is 3.91. The van der Waals surface area contributed by atoms with E-state index in [0.717, 1.165) is 11.1 Å². The molecule has 0 fully saturated rings. The molecule has 0 heterocycles. The van der Waals surface area contributed by atoms with Crippen molar-refractivity contribution < 1.29 is 22.7 Å². The fraction of sp³-hybridized carbons (Fsp3) is 0.417. The number of amides is 1. The van der Waals surface area contributed by atoms with Crippen LogP contribution in [0.1, 0.15) is 11.1 Å². The van der Waals surface area contributed by atoms with E-state index in [1.165, 1.54) is 0 Å². The van der Waals surface area contributed by atoms with Crippen LogP contribution in [-0.2, 0) is 22.6 Å². The molecule has 4 nitrogen and oxygen atoms in total. The third kappa shape index (κ3) is 6.78. The van der Waals surface area contributed by atoms with Crippen molar-refractivity contribution in [3.8, 4) is 0 Å². The maximum absolute atomic E-state index is 11.8. The summed E-state index contributed by atoms with van der Waals surface area (Å²) in [4.78, 5) is 11.2. The van der Waals surface area contributed by atoms with Gasteiger partial charge in [-0.1, -0.05) is 24.3 Å². The molecule has 1 aromatic carbocycles. The summed E-state index contributed by atoms with van der Waals surface area (Å²) in [6.07, 6.45) is -4.42. The molecule has 7 heteroatoms. The van der Waals surface area contributed by atoms with Gasteiger partial charge in [0.15, 0.2) is 0 Å². The summed E-state index contributed by atoms with van der Waals surface area (Å²) in [6, 6.07) is 7.24. The molecule has 0 saturated carbocycles. The topological polar surface area (TPSA) is 64.3 Å². The van der Waals surface area contributed by atoms with Gasteiger partial charge in [0.05, 0.1) is 0 Å². The summed E-state index contributed by atoms with van der Waals surface area (Å²) in [5.74, 6) is -0.595. The summed E-state index contributed by atoms with van der Waals surface area (Å²) in [6.45, 7) is -1.43. The number of carbonyl (C=O) groups excluding carboxylic acids is 1. The Morgan fingerprint density at radius 1 is 1.32 bits per heavy atom. The third-order valence-corrected chi connectivity index (χ3v) is 2.22. The van der Waals surface area contributed by atoms with Crippen molar-refractivity contribution in [2.75, 3.05) is 13.2 Å². The van der Waals surface area contributed by atoms with Crippen molar-refractivity contribution in [1.82, 2.24) is 5.32 Å². The average Bonchev–Trinajstić information content (AvgIpc) is 2.35. The number of hydrogen-bond acceptors (Lipinski definition) is 3. The number of ether oxygens (including phenoxy) is 1. The molecule has 0 bridgehead atoms. The summed E-state index contributed by atoms with van der Waals surface area (Å²) in [5.41, 5.74) is 7.21. The molecule has 0 radical (unpaired) electrons. The minimum atomic E-state index is -4.42. The van der Waals surface area contributed by atoms with Crippen molar-refractivity contribution in [3.05, 3.63) is 35.4 Å². The highest BCUT2D eigenvalue weighted by Crippen LogP contribution is 2.14. The van der Waals surface area contributed by atoms with E-state index >= 15 is 0 Å². The monoisotopic (exact) mass is 276 g/mol. The van der Waals surface area contributed by atoms with Gasteiger partial charge in [-0.2, -0.15) is 13.2 Å². The molecule has 106 valence electrons. The minimum Gasteiger partial charge on any atom is -0.362 e. The molecule has 0 unspecified atom stereocenters. The van der Waals surface area contributed by atoms with Gasteiger partial charge in [-0.3, -0.25) is 4.79 Å². The second kappa shape index (κ2) is 7.10. The van der Waals surface area contributed by atoms with E-state index in [-0.39, 0.29) is 6.54 Å². The molecule has 1 aromatic rings. The Kier molecular flexibility index (Phi) is 5.78. The highest BCUT2D eigenvalue weighted by atomic mass is 19.4. The Hall–Kier alpha value is -1.60. The number of halogens is 3. The molecule has 0 saturated heterocycles. The lowest BCUT2D eigenvalue weighted by molar-refractivity contribution is -0.175. The van der Waals surface area contributed by atoms with E-state index < -0.39 is 25.3 Å². The van der Waals surface area contributed by atoms with Gasteiger partial charge in [-0.25, -0.2) is 0 Å². The Morgan fingerprint density at radius 3 is 2.63 bits per heavy atom. The van der Waals surface area contributed by atoms with Crippen molar-refractivity contribution in [2.45, 2.75) is 19.3 Å². The normalized spacial score (nSPS) is 11.4. The molecule has 1 rings (SSSR count). The van der Waals surface area contributed by atoms with Crippen molar-refractivity contribution in [2.24, 2.45) is 5.73 Å². The number of nitrogens with two attached hydrogens (primary N) is 1. The summed E-state index contributed by atoms with van der Waals surface area (Å²) < 4.78 is 39.6. The fourth-order valence-corrected chi connectivity index (χ4v) is 1.38. The van der Waals surface area contributed by atoms with E-state index in [4.69, 9.17) is 5.73 Å². The first-order valence-corrected chi connectivity index (χ1v) is 5.60. The Bertz CT molecular complexity index is 422. The zero-order chi connectivity index (χ0) is 14.3. The number of rotatable bonds is 6. The lowest BCUT2D eigenvalue weighted by atomic mass is 10.1. The van der Waals surface area contributed by atoms with Gasteiger partial charge < -0.3 is 15.8 Å². The van der Waals surface area contributed by atoms with Crippen molar-refractivity contribution in [1.29, 1.82) is 0 Å². The summed E-state index contributed by atoms with van der Waals surface area (Å²) in [7, 11) is 0. The van der Waals surface area contributed by atoms with E-state index in [9.17, 15) is 18.0 Å². The number of hydrogen-bond donors (Lipinski definition) is 2. The van der Waals surface area contributed by atoms with E-state index in [1.54, 1.807) is 12.1 Å². The van der Waals surface area contributed by atoms with Crippen LogP contribution in [-0.4, -0.2) is 25.3 Å². The molecule has 0 aliphatic carbocycles. The number of carbonyl (C=O) groups is 1. The van der Waals surface area contributed by atoms with E-state index in [0.29, 0.717) is 6.54 Å². The lowest BCUT2D eigenvalue weighted by Crippen LogP contribution is -2.29. The van der Waals surface area contributed by atoms with Gasteiger partial charge in [0, 0.05) is 13.1 Å². The standard InChI is InChI=1S/C12H15F3N2O2/c13-12(14,15)8-19-7-11(18)17-6-10-3-1-2-9(4-10)5-16/h1-4H,5-8,16H2,(H,17,18). The van der Waals surface area contributed by atoms with Crippen LogP contribution in [0, 0.1) is 0 Å². The van der Waals surface area contributed by atoms with Crippen LogP contribution >= 0.6 is 0 Å². The molecule has 3 N–H and O–H groups in total. The largest absolute Gasteiger partial charge is 0.411 e. The Balaban J connectivity index is 2.29. The molecule has 0 atom stereocenters. The van der Waals surface area contributed by atoms with Crippen molar-refractivity contribution >= 4 is 5.91 Å². The predicted molar refractivity (Wildman–Crippen MR) is 63.1 cm³/mol. The zero-order valence-electron chi connectivity index (χ0n) is 10.2. The zero-order valence-corrected chi connectivity index (χ0v) is 10.2. The fourth-order valence-electron chi connectivity index (χ4n) is 1.38. The van der Waals surface area contributed by atoms with Crippen LogP contribution in [0.5, 0.6) is 0 Å². The van der Waals surface area contributed by atoms with Gasteiger partial charge >= 0.3 is 6.18 Å². The van der Waals surface area contributed by atoms with E-state index in [2.05, 4.69) is 10.1 Å². The first-order valence-electron chi connectivity index (χ1n) is 5.60. The number of benzene rings is 1. The van der Waals surface area contributed by atoms with Crippen LogP contribution in [0.15, 0.2) is 24.3 Å². The first kappa shape index (κ1) is 15.5. The maximum Gasteiger partial charge on any atom is 0.411 e. The molecule has 0 aliphatic rings. The minimum absolute atomic E-state index is 0.224. The second-order valence-electron chi connectivity index (χ2n) is 3.91. The Labute approximate surface area is 108 Å². The van der Waals surface area contributed by atoms with Crippen LogP contribution < -0.4 is 11.1 Å². The molecule has 1 amide bonds. The molecule has 0 spiro atoms. The van der Waals surface area contributed by atoms with Crippen molar-refractivity contribution in [3.63, 3.8) is 0 Å². The Morgan fingerprint density at radius 2 is 2.00 bits per heavy atom.